The van der Waals surface area contributed by atoms with Crippen molar-refractivity contribution in [3.63, 3.8) is 0 Å². The van der Waals surface area contributed by atoms with E-state index in [1.807, 2.05) is 0 Å². The number of benzene rings is 4. The van der Waals surface area contributed by atoms with Crippen molar-refractivity contribution in [2.24, 2.45) is 0 Å². The number of fused-ring (bicyclic) bond motifs is 2. The molecule has 0 fully saturated rings. The summed E-state index contributed by atoms with van der Waals surface area (Å²) in [5.74, 6) is -0.997. The lowest BCUT2D eigenvalue weighted by molar-refractivity contribution is 0.0964. The van der Waals surface area contributed by atoms with Gasteiger partial charge in [0.25, 0.3) is 11.5 Å². The zero-order valence-electron chi connectivity index (χ0n) is 27.0. The number of ether oxygens (including phenoxy) is 1. The molecule has 0 bridgehead atoms. The first-order chi connectivity index (χ1) is 23.4. The summed E-state index contributed by atoms with van der Waals surface area (Å²) in [6.07, 6.45) is 0. The monoisotopic (exact) mass is 686 g/mol. The second kappa shape index (κ2) is 13.2. The summed E-state index contributed by atoms with van der Waals surface area (Å²) in [5, 5.41) is 3.22. The van der Waals surface area contributed by atoms with Crippen molar-refractivity contribution in [1.29, 1.82) is 0 Å². The van der Waals surface area contributed by atoms with Gasteiger partial charge >= 0.3 is 0 Å². The summed E-state index contributed by atoms with van der Waals surface area (Å²) in [6, 6.07) is 18.7. The van der Waals surface area contributed by atoms with Gasteiger partial charge in [0, 0.05) is 36.7 Å². The van der Waals surface area contributed by atoms with Gasteiger partial charge in [-0.05, 0) is 79.6 Å². The molecule has 13 heteroatoms. The van der Waals surface area contributed by atoms with Crippen LogP contribution in [-0.4, -0.2) is 50.4 Å². The van der Waals surface area contributed by atoms with Crippen LogP contribution in [0.4, 0.5) is 14.5 Å². The molecule has 49 heavy (non-hydrogen) atoms. The molecule has 0 radical (unpaired) electrons. The first-order valence-corrected chi connectivity index (χ1v) is 17.0. The molecular weight excluding hydrogens is 654 g/mol. The van der Waals surface area contributed by atoms with Crippen molar-refractivity contribution in [1.82, 2.24) is 14.9 Å². The topological polar surface area (TPSA) is 133 Å². The van der Waals surface area contributed by atoms with E-state index in [0.717, 1.165) is 0 Å². The van der Waals surface area contributed by atoms with Crippen LogP contribution in [0.2, 0.25) is 0 Å². The van der Waals surface area contributed by atoms with Crippen LogP contribution in [0.1, 0.15) is 34.7 Å². The van der Waals surface area contributed by atoms with Gasteiger partial charge in [-0.25, -0.2) is 22.2 Å². The second-order valence-electron chi connectivity index (χ2n) is 11.4. The summed E-state index contributed by atoms with van der Waals surface area (Å²) in [5.41, 5.74) is 2.44. The average Bonchev–Trinajstić information content (AvgIpc) is 3.46. The van der Waals surface area contributed by atoms with Gasteiger partial charge in [0.2, 0.25) is 10.0 Å². The first-order valence-electron chi connectivity index (χ1n) is 15.3. The summed E-state index contributed by atoms with van der Waals surface area (Å²) < 4.78 is 68.9. The highest BCUT2D eigenvalue weighted by atomic mass is 32.2. The Balaban J connectivity index is 1.60. The van der Waals surface area contributed by atoms with Crippen LogP contribution in [0.3, 0.4) is 0 Å². The molecule has 4 aromatic carbocycles. The molecule has 2 aromatic heterocycles. The Labute approximate surface area is 280 Å². The summed E-state index contributed by atoms with van der Waals surface area (Å²) >= 11 is 0. The molecular formula is C36H32F2N4O6S. The van der Waals surface area contributed by atoms with E-state index in [2.05, 4.69) is 15.0 Å². The zero-order chi connectivity index (χ0) is 35.0. The highest BCUT2D eigenvalue weighted by Crippen LogP contribution is 2.40. The van der Waals surface area contributed by atoms with Crippen LogP contribution in [0, 0.1) is 18.6 Å². The van der Waals surface area contributed by atoms with Crippen LogP contribution >= 0.6 is 0 Å². The van der Waals surface area contributed by atoms with Crippen molar-refractivity contribution in [3.8, 4) is 22.5 Å². The largest absolute Gasteiger partial charge is 0.455 e. The maximum absolute atomic E-state index is 14.2. The van der Waals surface area contributed by atoms with Crippen molar-refractivity contribution in [2.45, 2.75) is 19.9 Å². The van der Waals surface area contributed by atoms with E-state index in [1.165, 1.54) is 68.1 Å². The number of carbonyl (C=O) groups excluding carboxylic acids is 1. The number of hydrogen-bond acceptors (Lipinski definition) is 7. The minimum atomic E-state index is -3.80. The fourth-order valence-electron chi connectivity index (χ4n) is 5.87. The van der Waals surface area contributed by atoms with Gasteiger partial charge in [-0.2, -0.15) is 0 Å². The third-order valence-electron chi connectivity index (χ3n) is 8.31. The minimum Gasteiger partial charge on any atom is -0.455 e. The molecule has 0 aliphatic carbocycles. The second-order valence-corrected chi connectivity index (χ2v) is 13.4. The Bertz CT molecular complexity index is 2390. The number of aromatic nitrogens is 2. The van der Waals surface area contributed by atoms with Gasteiger partial charge in [0.05, 0.1) is 40.6 Å². The van der Waals surface area contributed by atoms with Crippen LogP contribution in [0.5, 0.6) is 0 Å². The summed E-state index contributed by atoms with van der Waals surface area (Å²) in [4.78, 5) is 32.2. The molecule has 6 aromatic rings. The van der Waals surface area contributed by atoms with Gasteiger partial charge in [-0.15, -0.1) is 0 Å². The Morgan fingerprint density at radius 3 is 2.24 bits per heavy atom. The van der Waals surface area contributed by atoms with Crippen molar-refractivity contribution in [3.05, 3.63) is 118 Å². The third kappa shape index (κ3) is 6.42. The van der Waals surface area contributed by atoms with Gasteiger partial charge in [-0.1, -0.05) is 18.2 Å². The van der Waals surface area contributed by atoms with E-state index >= 15 is 0 Å². The number of sulfonamides is 1. The normalized spacial score (nSPS) is 12.4. The summed E-state index contributed by atoms with van der Waals surface area (Å²) in [7, 11) is -0.831. The predicted octanol–water partition coefficient (Wildman–Crippen LogP) is 6.42. The first kappa shape index (κ1) is 33.5. The van der Waals surface area contributed by atoms with Gasteiger partial charge in [0.15, 0.2) is 0 Å². The standard InChI is InChI=1S/C36H32F2N4O6S/c1-5-49(45,46)41-30-18-32-28(33(35(43)39-3)34(48-32)22-8-13-25(38)14-9-22)17-26(30)23-10-15-29-27(16-23)36(44)42(20(2)40-29)31(19-47-4)21-6-11-24(37)12-7-21/h6-18,31,41H,5,19H2,1-4H3,(H,39,43)/t31-/m1/s1. The molecule has 2 heterocycles. The Kier molecular flexibility index (Phi) is 9.06. The van der Waals surface area contributed by atoms with Crippen molar-refractivity contribution in [2.75, 3.05) is 31.2 Å². The number of aryl methyl sites for hydroxylation is 1. The number of nitrogens with one attached hydrogen (secondary N) is 2. The molecule has 0 unspecified atom stereocenters. The van der Waals surface area contributed by atoms with E-state index in [-0.39, 0.29) is 45.9 Å². The minimum absolute atomic E-state index is 0.109. The van der Waals surface area contributed by atoms with E-state index < -0.39 is 33.6 Å². The summed E-state index contributed by atoms with van der Waals surface area (Å²) in [6.45, 7) is 3.30. The molecule has 1 amide bonds. The van der Waals surface area contributed by atoms with E-state index in [4.69, 9.17) is 9.15 Å². The Morgan fingerprint density at radius 1 is 0.959 bits per heavy atom. The molecule has 0 aliphatic rings. The third-order valence-corrected chi connectivity index (χ3v) is 9.60. The number of anilines is 1. The van der Waals surface area contributed by atoms with Crippen molar-refractivity contribution >= 4 is 43.5 Å². The Hall–Kier alpha value is -5.40. The fraction of sp³-hybridized carbons (Fsp3) is 0.194. The predicted molar refractivity (Wildman–Crippen MR) is 184 cm³/mol. The lowest BCUT2D eigenvalue weighted by Gasteiger charge is -2.22. The smallest absolute Gasteiger partial charge is 0.262 e. The van der Waals surface area contributed by atoms with Crippen LogP contribution in [0.25, 0.3) is 44.3 Å². The zero-order valence-corrected chi connectivity index (χ0v) is 27.8. The quantitative estimate of drug-likeness (QED) is 0.170. The SMILES string of the molecule is CCS(=O)(=O)Nc1cc2oc(-c3ccc(F)cc3)c(C(=O)NC)c2cc1-c1ccc2nc(C)n([C@H](COC)c3ccc(F)cc3)c(=O)c2c1. The van der Waals surface area contributed by atoms with Gasteiger partial charge in [0.1, 0.15) is 28.8 Å². The highest BCUT2D eigenvalue weighted by Gasteiger charge is 2.25. The number of rotatable bonds is 10. The number of amides is 1. The number of carbonyl (C=O) groups is 1. The Morgan fingerprint density at radius 2 is 1.61 bits per heavy atom. The molecule has 2 N–H and O–H groups in total. The lowest BCUT2D eigenvalue weighted by atomic mass is 9.97. The van der Waals surface area contributed by atoms with Crippen LogP contribution in [0.15, 0.2) is 88.1 Å². The lowest BCUT2D eigenvalue weighted by Crippen LogP contribution is -2.31. The number of halogens is 2. The number of nitrogens with zero attached hydrogens (tertiary/aromatic N) is 2. The average molecular weight is 687 g/mol. The van der Waals surface area contributed by atoms with E-state index in [9.17, 15) is 26.8 Å². The van der Waals surface area contributed by atoms with E-state index in [1.54, 1.807) is 43.3 Å². The van der Waals surface area contributed by atoms with Crippen LogP contribution in [-0.2, 0) is 14.8 Å². The number of furan rings is 1. The van der Waals surface area contributed by atoms with Crippen LogP contribution < -0.4 is 15.6 Å². The van der Waals surface area contributed by atoms with Gasteiger partial charge < -0.3 is 14.5 Å². The molecule has 1 atom stereocenters. The molecule has 6 rings (SSSR count). The number of methoxy groups -OCH3 is 1. The molecule has 0 saturated carbocycles. The molecule has 0 spiro atoms. The fourth-order valence-corrected chi connectivity index (χ4v) is 6.52. The van der Waals surface area contributed by atoms with Gasteiger partial charge in [-0.3, -0.25) is 18.9 Å². The van der Waals surface area contributed by atoms with E-state index in [0.29, 0.717) is 39.0 Å². The molecule has 0 aliphatic heterocycles. The molecule has 252 valence electrons. The maximum Gasteiger partial charge on any atom is 0.262 e. The van der Waals surface area contributed by atoms with Crippen molar-refractivity contribution < 1.29 is 31.1 Å². The maximum atomic E-state index is 14.2. The molecule has 0 saturated heterocycles. The number of hydrogen-bond donors (Lipinski definition) is 2. The highest BCUT2D eigenvalue weighted by molar-refractivity contribution is 7.92. The molecule has 10 nitrogen and oxygen atoms in total.